The molecular weight excluding hydrogens is 335 g/mol. The number of halogens is 2. The molecule has 122 valence electrons. The predicted molar refractivity (Wildman–Crippen MR) is 92.8 cm³/mol. The first-order valence-electron chi connectivity index (χ1n) is 7.14. The Labute approximate surface area is 145 Å². The van der Waals surface area contributed by atoms with Gasteiger partial charge in [-0.2, -0.15) is 0 Å². The monoisotopic (exact) mass is 352 g/mol. The summed E-state index contributed by atoms with van der Waals surface area (Å²) in [6, 6.07) is 13.2. The lowest BCUT2D eigenvalue weighted by atomic mass is 10.1. The average molecular weight is 353 g/mol. The van der Waals surface area contributed by atoms with E-state index in [9.17, 15) is 4.79 Å². The van der Waals surface area contributed by atoms with E-state index in [1.807, 2.05) is 36.4 Å². The zero-order chi connectivity index (χ0) is 16.8. The van der Waals surface area contributed by atoms with Crippen LogP contribution in [-0.4, -0.2) is 12.5 Å². The summed E-state index contributed by atoms with van der Waals surface area (Å²) in [5, 5.41) is 4.51. The smallest absolute Gasteiger partial charge is 0.255 e. The number of benzene rings is 2. The van der Waals surface area contributed by atoms with E-state index < -0.39 is 5.91 Å². The molecule has 0 saturated carbocycles. The molecule has 0 radical (unpaired) electrons. The molecule has 0 bridgehead atoms. The minimum atomic E-state index is -0.494. The Kier molecular flexibility index (Phi) is 6.28. The highest BCUT2D eigenvalue weighted by molar-refractivity contribution is 6.42. The number of hydrogen-bond acceptors (Lipinski definition) is 3. The molecule has 0 aromatic heterocycles. The Morgan fingerprint density at radius 2 is 1.87 bits per heavy atom. The van der Waals surface area contributed by atoms with Gasteiger partial charge in [0, 0.05) is 12.6 Å². The maximum absolute atomic E-state index is 10.7. The van der Waals surface area contributed by atoms with Gasteiger partial charge in [0.15, 0.2) is 6.61 Å². The number of carbonyl (C=O) groups excluding carboxylic acids is 1. The van der Waals surface area contributed by atoms with Crippen LogP contribution >= 0.6 is 23.2 Å². The van der Waals surface area contributed by atoms with Crippen LogP contribution in [-0.2, 0) is 11.3 Å². The first kappa shape index (κ1) is 17.6. The topological polar surface area (TPSA) is 64.3 Å². The van der Waals surface area contributed by atoms with E-state index >= 15 is 0 Å². The van der Waals surface area contributed by atoms with E-state index in [0.717, 1.165) is 11.1 Å². The van der Waals surface area contributed by atoms with Crippen LogP contribution < -0.4 is 15.8 Å². The fraction of sp³-hybridized carbons (Fsp3) is 0.235. The normalized spacial score (nSPS) is 12.0. The molecule has 4 nitrogen and oxygen atoms in total. The molecule has 1 amide bonds. The van der Waals surface area contributed by atoms with Gasteiger partial charge >= 0.3 is 0 Å². The van der Waals surface area contributed by atoms with E-state index in [0.29, 0.717) is 22.3 Å². The van der Waals surface area contributed by atoms with Crippen molar-refractivity contribution in [1.29, 1.82) is 0 Å². The standard InChI is InChI=1S/C17H18Cl2N2O2/c1-11(13-4-7-15(18)16(19)8-13)21-9-12-2-5-14(6-3-12)23-10-17(20)22/h2-8,11,21H,9-10H2,1H3,(H2,20,22). The van der Waals surface area contributed by atoms with Gasteiger partial charge in [0.25, 0.3) is 5.91 Å². The van der Waals surface area contributed by atoms with E-state index in [4.69, 9.17) is 33.7 Å². The largest absolute Gasteiger partial charge is 0.484 e. The van der Waals surface area contributed by atoms with Crippen LogP contribution in [0.5, 0.6) is 5.75 Å². The van der Waals surface area contributed by atoms with Crippen LogP contribution in [0.25, 0.3) is 0 Å². The SMILES string of the molecule is CC(NCc1ccc(OCC(N)=O)cc1)c1ccc(Cl)c(Cl)c1. The van der Waals surface area contributed by atoms with Gasteiger partial charge in [-0.1, -0.05) is 41.4 Å². The number of ether oxygens (including phenoxy) is 1. The first-order chi connectivity index (χ1) is 11.0. The number of carbonyl (C=O) groups is 1. The Balaban J connectivity index is 1.89. The lowest BCUT2D eigenvalue weighted by Crippen LogP contribution is -2.20. The third kappa shape index (κ3) is 5.43. The van der Waals surface area contributed by atoms with E-state index in [2.05, 4.69) is 12.2 Å². The van der Waals surface area contributed by atoms with Crippen LogP contribution in [0.15, 0.2) is 42.5 Å². The van der Waals surface area contributed by atoms with Gasteiger partial charge in [-0.25, -0.2) is 0 Å². The maximum Gasteiger partial charge on any atom is 0.255 e. The van der Waals surface area contributed by atoms with Gasteiger partial charge in [-0.3, -0.25) is 4.79 Å². The lowest BCUT2D eigenvalue weighted by molar-refractivity contribution is -0.119. The summed E-state index contributed by atoms with van der Waals surface area (Å²) >= 11 is 12.0. The van der Waals surface area contributed by atoms with E-state index in [-0.39, 0.29) is 12.6 Å². The highest BCUT2D eigenvalue weighted by atomic mass is 35.5. The van der Waals surface area contributed by atoms with Crippen LogP contribution in [0, 0.1) is 0 Å². The number of nitrogens with two attached hydrogens (primary N) is 1. The number of amides is 1. The fourth-order valence-corrected chi connectivity index (χ4v) is 2.34. The molecule has 23 heavy (non-hydrogen) atoms. The van der Waals surface area contributed by atoms with Gasteiger partial charge in [0.1, 0.15) is 5.75 Å². The van der Waals surface area contributed by atoms with E-state index in [1.54, 1.807) is 6.07 Å². The van der Waals surface area contributed by atoms with Crippen molar-refractivity contribution in [1.82, 2.24) is 5.32 Å². The Morgan fingerprint density at radius 3 is 2.48 bits per heavy atom. The molecule has 1 unspecified atom stereocenters. The molecule has 0 spiro atoms. The maximum atomic E-state index is 10.7. The average Bonchev–Trinajstić information content (AvgIpc) is 2.54. The second-order valence-corrected chi connectivity index (χ2v) is 5.99. The van der Waals surface area contributed by atoms with Crippen LogP contribution in [0.4, 0.5) is 0 Å². The van der Waals surface area contributed by atoms with Crippen molar-refractivity contribution in [2.45, 2.75) is 19.5 Å². The molecule has 0 heterocycles. The lowest BCUT2D eigenvalue weighted by Gasteiger charge is -2.15. The van der Waals surface area contributed by atoms with Crippen molar-refractivity contribution in [2.75, 3.05) is 6.61 Å². The zero-order valence-corrected chi connectivity index (χ0v) is 14.2. The summed E-state index contributed by atoms with van der Waals surface area (Å²) < 4.78 is 5.22. The number of primary amides is 1. The molecule has 2 aromatic rings. The molecule has 0 saturated heterocycles. The Bertz CT molecular complexity index is 675. The second-order valence-electron chi connectivity index (χ2n) is 5.18. The van der Waals surface area contributed by atoms with Gasteiger partial charge in [0.2, 0.25) is 0 Å². The molecular formula is C17H18Cl2N2O2. The van der Waals surface area contributed by atoms with Crippen molar-refractivity contribution in [3.8, 4) is 5.75 Å². The first-order valence-corrected chi connectivity index (χ1v) is 7.89. The summed E-state index contributed by atoms with van der Waals surface area (Å²) in [5.74, 6) is 0.122. The third-order valence-electron chi connectivity index (χ3n) is 3.36. The fourth-order valence-electron chi connectivity index (χ4n) is 2.03. The molecule has 3 N–H and O–H groups in total. The van der Waals surface area contributed by atoms with Crippen molar-refractivity contribution in [3.05, 3.63) is 63.6 Å². The predicted octanol–water partition coefficient (Wildman–Crippen LogP) is 3.71. The summed E-state index contributed by atoms with van der Waals surface area (Å²) in [6.45, 7) is 2.63. The van der Waals surface area contributed by atoms with Crippen LogP contribution in [0.2, 0.25) is 10.0 Å². The molecule has 0 aliphatic rings. The minimum Gasteiger partial charge on any atom is -0.484 e. The minimum absolute atomic E-state index is 0.119. The van der Waals surface area contributed by atoms with Gasteiger partial charge in [-0.05, 0) is 42.3 Å². The van der Waals surface area contributed by atoms with Gasteiger partial charge < -0.3 is 15.8 Å². The van der Waals surface area contributed by atoms with Crippen LogP contribution in [0.1, 0.15) is 24.1 Å². The van der Waals surface area contributed by atoms with Crippen molar-refractivity contribution in [3.63, 3.8) is 0 Å². The summed E-state index contributed by atoms with van der Waals surface area (Å²) in [4.78, 5) is 10.7. The molecule has 2 aromatic carbocycles. The van der Waals surface area contributed by atoms with Crippen LogP contribution in [0.3, 0.4) is 0 Å². The van der Waals surface area contributed by atoms with Gasteiger partial charge in [-0.15, -0.1) is 0 Å². The van der Waals surface area contributed by atoms with Gasteiger partial charge in [0.05, 0.1) is 10.0 Å². The molecule has 1 atom stereocenters. The van der Waals surface area contributed by atoms with E-state index in [1.165, 1.54) is 0 Å². The second kappa shape index (κ2) is 8.20. The molecule has 0 aliphatic carbocycles. The van der Waals surface area contributed by atoms with Crippen molar-refractivity contribution >= 4 is 29.1 Å². The number of rotatable bonds is 7. The molecule has 6 heteroatoms. The summed E-state index contributed by atoms with van der Waals surface area (Å²) in [5.41, 5.74) is 7.21. The zero-order valence-electron chi connectivity index (χ0n) is 12.7. The summed E-state index contributed by atoms with van der Waals surface area (Å²) in [7, 11) is 0. The molecule has 2 rings (SSSR count). The Morgan fingerprint density at radius 1 is 1.17 bits per heavy atom. The number of nitrogens with one attached hydrogen (secondary N) is 1. The third-order valence-corrected chi connectivity index (χ3v) is 4.10. The van der Waals surface area contributed by atoms with Crippen molar-refractivity contribution in [2.24, 2.45) is 5.73 Å². The quantitative estimate of drug-likeness (QED) is 0.798. The number of hydrogen-bond donors (Lipinski definition) is 2. The van der Waals surface area contributed by atoms with Crippen molar-refractivity contribution < 1.29 is 9.53 Å². The highest BCUT2D eigenvalue weighted by Gasteiger charge is 2.07. The molecule has 0 aliphatic heterocycles. The Hall–Kier alpha value is -1.75. The summed E-state index contributed by atoms with van der Waals surface area (Å²) in [6.07, 6.45) is 0. The highest BCUT2D eigenvalue weighted by Crippen LogP contribution is 2.25. The molecule has 0 fully saturated rings.